The minimum atomic E-state index is -0.963. The van der Waals surface area contributed by atoms with E-state index in [-0.39, 0.29) is 12.3 Å². The third-order valence-electron chi connectivity index (χ3n) is 4.45. The summed E-state index contributed by atoms with van der Waals surface area (Å²) in [5.41, 5.74) is 2.47. The fourth-order valence-electron chi connectivity index (χ4n) is 2.89. The van der Waals surface area contributed by atoms with Crippen molar-refractivity contribution in [2.75, 3.05) is 5.32 Å². The molecule has 2 heterocycles. The number of nitrogens with one attached hydrogen (secondary N) is 1. The number of aryl methyl sites for hydroxylation is 1. The van der Waals surface area contributed by atoms with Crippen LogP contribution in [-0.2, 0) is 14.3 Å². The summed E-state index contributed by atoms with van der Waals surface area (Å²) in [6.07, 6.45) is -1.95. The Hall–Kier alpha value is -3.68. The van der Waals surface area contributed by atoms with Gasteiger partial charge >= 0.3 is 5.97 Å². The lowest BCUT2D eigenvalue weighted by Crippen LogP contribution is -2.38. The molecule has 148 valence electrons. The van der Waals surface area contributed by atoms with Crippen LogP contribution >= 0.6 is 0 Å². The molecule has 4 rings (SSSR count). The third kappa shape index (κ3) is 4.11. The van der Waals surface area contributed by atoms with Crippen molar-refractivity contribution in [3.63, 3.8) is 0 Å². The number of ether oxygens (including phenoxy) is 2. The Labute approximate surface area is 166 Å². The van der Waals surface area contributed by atoms with E-state index in [0.29, 0.717) is 17.3 Å². The molecule has 0 aliphatic carbocycles. The minimum Gasteiger partial charge on any atom is -0.478 e. The van der Waals surface area contributed by atoms with Crippen LogP contribution in [-0.4, -0.2) is 28.2 Å². The Bertz CT molecular complexity index is 1040. The number of carbonyl (C=O) groups is 2. The van der Waals surface area contributed by atoms with Crippen LogP contribution in [0.15, 0.2) is 52.9 Å². The second kappa shape index (κ2) is 7.75. The van der Waals surface area contributed by atoms with Crippen LogP contribution in [0.1, 0.15) is 30.9 Å². The summed E-state index contributed by atoms with van der Waals surface area (Å²) in [5.74, 6) is 0.0280. The topological polar surface area (TPSA) is 104 Å². The van der Waals surface area contributed by atoms with E-state index in [2.05, 4.69) is 15.5 Å². The molecule has 2 atom stereocenters. The Morgan fingerprint density at radius 1 is 1.17 bits per heavy atom. The summed E-state index contributed by atoms with van der Waals surface area (Å²) in [6.45, 7) is 3.61. The molecule has 0 spiro atoms. The summed E-state index contributed by atoms with van der Waals surface area (Å²) >= 11 is 0. The summed E-state index contributed by atoms with van der Waals surface area (Å²) in [5, 5.41) is 10.7. The molecule has 8 heteroatoms. The smallest absolute Gasteiger partial charge is 0.310 e. The first-order chi connectivity index (χ1) is 14.0. The van der Waals surface area contributed by atoms with Crippen LogP contribution in [0.2, 0.25) is 0 Å². The van der Waals surface area contributed by atoms with Crippen LogP contribution < -0.4 is 10.1 Å². The van der Waals surface area contributed by atoms with Crippen LogP contribution in [0.4, 0.5) is 5.69 Å². The van der Waals surface area contributed by atoms with Crippen molar-refractivity contribution in [3.05, 3.63) is 60.0 Å². The number of fused-ring (bicyclic) bond motifs is 1. The molecule has 1 aliphatic rings. The van der Waals surface area contributed by atoms with Crippen LogP contribution in [0, 0.1) is 6.92 Å². The van der Waals surface area contributed by atoms with Gasteiger partial charge in [0.05, 0.1) is 12.1 Å². The number of anilines is 1. The number of aromatic nitrogens is 2. The Morgan fingerprint density at radius 3 is 2.72 bits per heavy atom. The summed E-state index contributed by atoms with van der Waals surface area (Å²) < 4.78 is 16.6. The quantitative estimate of drug-likeness (QED) is 0.662. The monoisotopic (exact) mass is 393 g/mol. The lowest BCUT2D eigenvalue weighted by Gasteiger charge is -2.25. The van der Waals surface area contributed by atoms with Crippen molar-refractivity contribution >= 4 is 17.6 Å². The predicted molar refractivity (Wildman–Crippen MR) is 103 cm³/mol. The van der Waals surface area contributed by atoms with Gasteiger partial charge in [-0.2, -0.15) is 0 Å². The molecule has 0 fully saturated rings. The van der Waals surface area contributed by atoms with Gasteiger partial charge in [0.25, 0.3) is 11.8 Å². The zero-order valence-corrected chi connectivity index (χ0v) is 15.9. The molecule has 29 heavy (non-hydrogen) atoms. The van der Waals surface area contributed by atoms with Crippen molar-refractivity contribution in [2.45, 2.75) is 32.5 Å². The second-order valence-electron chi connectivity index (χ2n) is 6.74. The van der Waals surface area contributed by atoms with E-state index in [1.54, 1.807) is 31.2 Å². The van der Waals surface area contributed by atoms with E-state index >= 15 is 0 Å². The Kier molecular flexibility index (Phi) is 4.99. The van der Waals surface area contributed by atoms with Crippen molar-refractivity contribution in [3.8, 4) is 17.2 Å². The van der Waals surface area contributed by atoms with Gasteiger partial charge in [-0.1, -0.05) is 29.8 Å². The first kappa shape index (κ1) is 18.7. The SMILES string of the molecule is Cc1ccc(-c2nnc([C@H](C)OC(=O)C[C@H]3Oc4ccccc4NC3=O)o2)cc1. The highest BCUT2D eigenvalue weighted by atomic mass is 16.6. The number of hydrogen-bond acceptors (Lipinski definition) is 7. The lowest BCUT2D eigenvalue weighted by atomic mass is 10.1. The first-order valence-electron chi connectivity index (χ1n) is 9.16. The molecular weight excluding hydrogens is 374 g/mol. The zero-order valence-electron chi connectivity index (χ0n) is 15.9. The molecule has 1 aliphatic heterocycles. The van der Waals surface area contributed by atoms with E-state index in [0.717, 1.165) is 11.1 Å². The molecule has 2 aromatic carbocycles. The minimum absolute atomic E-state index is 0.174. The number of nitrogens with zero attached hydrogens (tertiary/aromatic N) is 2. The highest BCUT2D eigenvalue weighted by Gasteiger charge is 2.31. The van der Waals surface area contributed by atoms with Gasteiger partial charge in [-0.25, -0.2) is 0 Å². The largest absolute Gasteiger partial charge is 0.478 e. The van der Waals surface area contributed by atoms with E-state index in [1.807, 2.05) is 31.2 Å². The van der Waals surface area contributed by atoms with Gasteiger partial charge in [-0.05, 0) is 38.1 Å². The summed E-state index contributed by atoms with van der Waals surface area (Å²) in [4.78, 5) is 24.4. The number of rotatable bonds is 5. The van der Waals surface area contributed by atoms with Gasteiger partial charge in [0, 0.05) is 5.56 Å². The van der Waals surface area contributed by atoms with E-state index in [9.17, 15) is 9.59 Å². The molecule has 8 nitrogen and oxygen atoms in total. The molecule has 0 saturated carbocycles. The maximum Gasteiger partial charge on any atom is 0.310 e. The second-order valence-corrected chi connectivity index (χ2v) is 6.74. The molecule has 0 unspecified atom stereocenters. The van der Waals surface area contributed by atoms with Gasteiger partial charge in [0.2, 0.25) is 5.89 Å². The van der Waals surface area contributed by atoms with Crippen LogP contribution in [0.3, 0.4) is 0 Å². The Morgan fingerprint density at radius 2 is 1.93 bits per heavy atom. The van der Waals surface area contributed by atoms with E-state index in [1.165, 1.54) is 0 Å². The summed E-state index contributed by atoms with van der Waals surface area (Å²) in [7, 11) is 0. The fourth-order valence-corrected chi connectivity index (χ4v) is 2.89. The molecule has 3 aromatic rings. The highest BCUT2D eigenvalue weighted by molar-refractivity contribution is 5.99. The highest BCUT2D eigenvalue weighted by Crippen LogP contribution is 2.30. The van der Waals surface area contributed by atoms with E-state index < -0.39 is 24.1 Å². The van der Waals surface area contributed by atoms with Crippen molar-refractivity contribution < 1.29 is 23.5 Å². The van der Waals surface area contributed by atoms with Crippen molar-refractivity contribution in [1.82, 2.24) is 10.2 Å². The summed E-state index contributed by atoms with van der Waals surface area (Å²) in [6, 6.07) is 14.7. The fraction of sp³-hybridized carbons (Fsp3) is 0.238. The number of esters is 1. The van der Waals surface area contributed by atoms with Gasteiger partial charge in [0.15, 0.2) is 12.2 Å². The van der Waals surface area contributed by atoms with Gasteiger partial charge in [0.1, 0.15) is 5.75 Å². The molecular formula is C21H19N3O5. The third-order valence-corrected chi connectivity index (χ3v) is 4.45. The van der Waals surface area contributed by atoms with Crippen molar-refractivity contribution in [2.24, 2.45) is 0 Å². The zero-order chi connectivity index (χ0) is 20.4. The van der Waals surface area contributed by atoms with Crippen molar-refractivity contribution in [1.29, 1.82) is 0 Å². The lowest BCUT2D eigenvalue weighted by molar-refractivity contribution is -0.153. The number of para-hydroxylation sites is 2. The van der Waals surface area contributed by atoms with Crippen LogP contribution in [0.25, 0.3) is 11.5 Å². The molecule has 0 radical (unpaired) electrons. The molecule has 0 bridgehead atoms. The maximum absolute atomic E-state index is 12.3. The van der Waals surface area contributed by atoms with Gasteiger partial charge in [-0.15, -0.1) is 10.2 Å². The molecule has 1 amide bonds. The average molecular weight is 393 g/mol. The molecule has 1 aromatic heterocycles. The number of benzene rings is 2. The number of hydrogen-bond donors (Lipinski definition) is 1. The first-order valence-corrected chi connectivity index (χ1v) is 9.16. The maximum atomic E-state index is 12.3. The molecule has 0 saturated heterocycles. The van der Waals surface area contributed by atoms with E-state index in [4.69, 9.17) is 13.9 Å². The number of amides is 1. The van der Waals surface area contributed by atoms with Gasteiger partial charge < -0.3 is 19.2 Å². The van der Waals surface area contributed by atoms with Gasteiger partial charge in [-0.3, -0.25) is 9.59 Å². The standard InChI is InChI=1S/C21H19N3O5/c1-12-7-9-14(10-8-12)21-24-23-20(29-21)13(2)27-18(25)11-17-19(26)22-15-5-3-4-6-16(15)28-17/h3-10,13,17H,11H2,1-2H3,(H,22,26)/t13-,17+/m0/s1. The Balaban J connectivity index is 1.38. The normalized spacial score (nSPS) is 16.3. The average Bonchev–Trinajstić information content (AvgIpc) is 3.19. The predicted octanol–water partition coefficient (Wildman–Crippen LogP) is 3.44. The molecule has 1 N–H and O–H groups in total. The van der Waals surface area contributed by atoms with Crippen LogP contribution in [0.5, 0.6) is 5.75 Å². The number of carbonyl (C=O) groups excluding carboxylic acids is 2.